The highest BCUT2D eigenvalue weighted by atomic mass is 16.3. The molecule has 2 heteroatoms. The fourth-order valence-electron chi connectivity index (χ4n) is 3.31. The Morgan fingerprint density at radius 2 is 1.75 bits per heavy atom. The number of carbonyl (C=O) groups excluding carboxylic acids is 1. The second-order valence-corrected chi connectivity index (χ2v) is 6.60. The third kappa shape index (κ3) is 3.75. The number of hydrogen-bond acceptors (Lipinski definition) is 2. The molecule has 122 valence electrons. The van der Waals surface area contributed by atoms with Gasteiger partial charge >= 0.3 is 0 Å². The molecule has 2 nitrogen and oxygen atoms in total. The normalized spacial score (nSPS) is 21.7. The van der Waals surface area contributed by atoms with Crippen molar-refractivity contribution in [1.82, 2.24) is 0 Å². The van der Waals surface area contributed by atoms with E-state index in [1.165, 1.54) is 0 Å². The van der Waals surface area contributed by atoms with E-state index in [0.717, 1.165) is 29.5 Å². The molecule has 1 fully saturated rings. The summed E-state index contributed by atoms with van der Waals surface area (Å²) < 4.78 is 0. The molecule has 0 heterocycles. The molecule has 1 N–H and O–H groups in total. The first kappa shape index (κ1) is 16.5. The summed E-state index contributed by atoms with van der Waals surface area (Å²) >= 11 is 0. The number of Topliss-reactive ketones (excluding diaryl/α,β-unsaturated/α-hetero) is 1. The first-order chi connectivity index (χ1) is 11.6. The Hall–Kier alpha value is -2.37. The van der Waals surface area contributed by atoms with Crippen LogP contribution in [0.5, 0.6) is 0 Å². The molecular weight excluding hydrogens is 296 g/mol. The highest BCUT2D eigenvalue weighted by Crippen LogP contribution is 2.35. The van der Waals surface area contributed by atoms with E-state index in [2.05, 4.69) is 18.8 Å². The summed E-state index contributed by atoms with van der Waals surface area (Å²) in [7, 11) is 0. The van der Waals surface area contributed by atoms with Crippen LogP contribution in [-0.4, -0.2) is 10.9 Å². The van der Waals surface area contributed by atoms with E-state index in [-0.39, 0.29) is 11.7 Å². The Bertz CT molecular complexity index is 767. The Kier molecular flexibility index (Phi) is 5.13. The molecule has 0 radical (unpaired) electrons. The van der Waals surface area contributed by atoms with Crippen LogP contribution in [0.15, 0.2) is 54.6 Å². The van der Waals surface area contributed by atoms with Crippen molar-refractivity contribution in [2.75, 3.05) is 0 Å². The van der Waals surface area contributed by atoms with E-state index < -0.39 is 6.10 Å². The number of benzene rings is 2. The maximum Gasteiger partial charge on any atom is 0.138 e. The fourth-order valence-corrected chi connectivity index (χ4v) is 3.31. The van der Waals surface area contributed by atoms with Gasteiger partial charge in [-0.05, 0) is 42.5 Å². The van der Waals surface area contributed by atoms with Gasteiger partial charge in [0.05, 0.1) is 6.10 Å². The lowest BCUT2D eigenvalue weighted by molar-refractivity contribution is -0.129. The molecule has 0 unspecified atom stereocenters. The van der Waals surface area contributed by atoms with E-state index in [4.69, 9.17) is 0 Å². The summed E-state index contributed by atoms with van der Waals surface area (Å²) in [6, 6.07) is 17.4. The molecule has 0 spiro atoms. The third-order valence-electron chi connectivity index (χ3n) is 4.73. The molecule has 2 aromatic carbocycles. The van der Waals surface area contributed by atoms with Gasteiger partial charge in [0.25, 0.3) is 0 Å². The zero-order valence-electron chi connectivity index (χ0n) is 13.9. The number of ketones is 1. The minimum Gasteiger partial charge on any atom is -0.388 e. The van der Waals surface area contributed by atoms with Crippen molar-refractivity contribution >= 4 is 5.78 Å². The van der Waals surface area contributed by atoms with Gasteiger partial charge in [0.2, 0.25) is 0 Å². The third-order valence-corrected chi connectivity index (χ3v) is 4.73. The zero-order chi connectivity index (χ0) is 16.9. The molecule has 0 aromatic heterocycles. The standard InChI is InChI=1S/C22H22O2/c1-16-11-14-21(23)20(15-16)22(24)19-10-6-5-9-18(19)13-12-17-7-3-2-4-8-17/h2-10,16,20,22,24H,11,14-15H2,1H3/t16-,20-,22+/m0/s1. The maximum absolute atomic E-state index is 12.2. The average Bonchev–Trinajstić information content (AvgIpc) is 2.62. The van der Waals surface area contributed by atoms with E-state index in [1.54, 1.807) is 0 Å². The fraction of sp³-hybridized carbons (Fsp3) is 0.318. The predicted molar refractivity (Wildman–Crippen MR) is 95.3 cm³/mol. The summed E-state index contributed by atoms with van der Waals surface area (Å²) in [4.78, 5) is 12.2. The maximum atomic E-state index is 12.2. The van der Waals surface area contributed by atoms with Crippen LogP contribution < -0.4 is 0 Å². The minimum atomic E-state index is -0.776. The number of aliphatic hydroxyl groups is 1. The molecule has 3 rings (SSSR count). The predicted octanol–water partition coefficient (Wildman–Crippen LogP) is 4.13. The summed E-state index contributed by atoms with van der Waals surface area (Å²) in [5.41, 5.74) is 2.48. The summed E-state index contributed by atoms with van der Waals surface area (Å²) in [5, 5.41) is 10.8. The van der Waals surface area contributed by atoms with Crippen LogP contribution in [0.2, 0.25) is 0 Å². The molecule has 24 heavy (non-hydrogen) atoms. The largest absolute Gasteiger partial charge is 0.388 e. The highest BCUT2D eigenvalue weighted by molar-refractivity contribution is 5.82. The topological polar surface area (TPSA) is 37.3 Å². The second kappa shape index (κ2) is 7.47. The number of hydrogen-bond donors (Lipinski definition) is 1. The minimum absolute atomic E-state index is 0.173. The van der Waals surface area contributed by atoms with Crippen molar-refractivity contribution in [3.8, 4) is 11.8 Å². The molecule has 3 atom stereocenters. The lowest BCUT2D eigenvalue weighted by Gasteiger charge is -2.29. The van der Waals surface area contributed by atoms with Crippen LogP contribution in [0, 0.1) is 23.7 Å². The number of rotatable bonds is 2. The van der Waals surface area contributed by atoms with Gasteiger partial charge in [0.1, 0.15) is 5.78 Å². The van der Waals surface area contributed by atoms with Gasteiger partial charge in [0.15, 0.2) is 0 Å². The first-order valence-electron chi connectivity index (χ1n) is 8.52. The van der Waals surface area contributed by atoms with Crippen molar-refractivity contribution in [3.63, 3.8) is 0 Å². The van der Waals surface area contributed by atoms with Gasteiger partial charge in [-0.2, -0.15) is 0 Å². The van der Waals surface area contributed by atoms with E-state index in [1.807, 2.05) is 54.6 Å². The van der Waals surface area contributed by atoms with Gasteiger partial charge in [-0.25, -0.2) is 0 Å². The summed E-state index contributed by atoms with van der Waals surface area (Å²) in [6.07, 6.45) is 1.47. The Labute approximate surface area is 143 Å². The molecular formula is C22H22O2. The van der Waals surface area contributed by atoms with E-state index in [0.29, 0.717) is 12.3 Å². The smallest absolute Gasteiger partial charge is 0.138 e. The molecule has 0 bridgehead atoms. The lowest BCUT2D eigenvalue weighted by Crippen LogP contribution is -2.29. The zero-order valence-corrected chi connectivity index (χ0v) is 13.9. The first-order valence-corrected chi connectivity index (χ1v) is 8.52. The van der Waals surface area contributed by atoms with Crippen molar-refractivity contribution < 1.29 is 9.90 Å². The molecule has 1 aliphatic carbocycles. The Morgan fingerprint density at radius 1 is 1.04 bits per heavy atom. The quantitative estimate of drug-likeness (QED) is 0.846. The van der Waals surface area contributed by atoms with Crippen LogP contribution in [-0.2, 0) is 4.79 Å². The lowest BCUT2D eigenvalue weighted by atomic mass is 9.76. The van der Waals surface area contributed by atoms with Crippen molar-refractivity contribution in [2.24, 2.45) is 11.8 Å². The molecule has 0 amide bonds. The van der Waals surface area contributed by atoms with Gasteiger partial charge in [-0.3, -0.25) is 4.79 Å². The van der Waals surface area contributed by atoms with Crippen molar-refractivity contribution in [3.05, 3.63) is 71.3 Å². The van der Waals surface area contributed by atoms with Crippen LogP contribution in [0.25, 0.3) is 0 Å². The summed E-state index contributed by atoms with van der Waals surface area (Å²) in [6.45, 7) is 2.15. The summed E-state index contributed by atoms with van der Waals surface area (Å²) in [5.74, 6) is 6.63. The van der Waals surface area contributed by atoms with Crippen LogP contribution >= 0.6 is 0 Å². The average molecular weight is 318 g/mol. The van der Waals surface area contributed by atoms with Crippen molar-refractivity contribution in [2.45, 2.75) is 32.3 Å². The molecule has 0 aliphatic heterocycles. The van der Waals surface area contributed by atoms with E-state index in [9.17, 15) is 9.90 Å². The molecule has 1 aliphatic rings. The Morgan fingerprint density at radius 3 is 2.54 bits per heavy atom. The van der Waals surface area contributed by atoms with E-state index >= 15 is 0 Å². The van der Waals surface area contributed by atoms with Crippen LogP contribution in [0.3, 0.4) is 0 Å². The van der Waals surface area contributed by atoms with Gasteiger partial charge in [-0.15, -0.1) is 0 Å². The molecule has 0 saturated heterocycles. The van der Waals surface area contributed by atoms with Gasteiger partial charge in [0, 0.05) is 23.5 Å². The van der Waals surface area contributed by atoms with Crippen LogP contribution in [0.4, 0.5) is 0 Å². The highest BCUT2D eigenvalue weighted by Gasteiger charge is 2.33. The number of aliphatic hydroxyl groups excluding tert-OH is 1. The molecule has 1 saturated carbocycles. The monoisotopic (exact) mass is 318 g/mol. The van der Waals surface area contributed by atoms with Crippen molar-refractivity contribution in [1.29, 1.82) is 0 Å². The molecule has 2 aromatic rings. The number of carbonyl (C=O) groups is 1. The SMILES string of the molecule is C[C@H]1CCC(=O)[C@@H]([C@H](O)c2ccccc2C#Cc2ccccc2)C1. The van der Waals surface area contributed by atoms with Crippen LogP contribution in [0.1, 0.15) is 49.0 Å². The van der Waals surface area contributed by atoms with Gasteiger partial charge < -0.3 is 5.11 Å². The second-order valence-electron chi connectivity index (χ2n) is 6.60. The van der Waals surface area contributed by atoms with Gasteiger partial charge in [-0.1, -0.05) is 55.2 Å². The Balaban J connectivity index is 1.89.